The van der Waals surface area contributed by atoms with Crippen LogP contribution in [0.15, 0.2) is 18.2 Å². The lowest BCUT2D eigenvalue weighted by molar-refractivity contribution is 0.0635. The molecule has 84 valence electrons. The van der Waals surface area contributed by atoms with Crippen LogP contribution in [0.5, 0.6) is 5.75 Å². The summed E-state index contributed by atoms with van der Waals surface area (Å²) in [6, 6.07) is 3.36. The van der Waals surface area contributed by atoms with Crippen LogP contribution in [0.1, 0.15) is 12.5 Å². The van der Waals surface area contributed by atoms with Gasteiger partial charge in [-0.3, -0.25) is 0 Å². The first-order chi connectivity index (χ1) is 6.83. The van der Waals surface area contributed by atoms with Gasteiger partial charge in [-0.2, -0.15) is 0 Å². The van der Waals surface area contributed by atoms with Gasteiger partial charge in [-0.1, -0.05) is 6.07 Å². The summed E-state index contributed by atoms with van der Waals surface area (Å²) in [4.78, 5) is 0. The van der Waals surface area contributed by atoms with Gasteiger partial charge < -0.3 is 10.8 Å². The third-order valence-electron chi connectivity index (χ3n) is 2.11. The Labute approximate surface area is 85.5 Å². The molecule has 1 rings (SSSR count). The number of aromatic hydroxyl groups is 1. The molecule has 1 aromatic carbocycles. The molecule has 0 aliphatic heterocycles. The molecule has 0 fully saturated rings. The number of phenols is 1. The predicted molar refractivity (Wildman–Crippen MR) is 50.4 cm³/mol. The van der Waals surface area contributed by atoms with Crippen molar-refractivity contribution >= 4 is 0 Å². The molecular formula is C10H12F3NO. The van der Waals surface area contributed by atoms with Crippen molar-refractivity contribution in [3.63, 3.8) is 0 Å². The Morgan fingerprint density at radius 1 is 1.47 bits per heavy atom. The number of alkyl halides is 2. The summed E-state index contributed by atoms with van der Waals surface area (Å²) in [6.07, 6.45) is -3.01. The van der Waals surface area contributed by atoms with Gasteiger partial charge in [-0.25, -0.2) is 13.2 Å². The molecule has 5 heteroatoms. The Balaban J connectivity index is 2.90. The SMILES string of the molecule is CC(N)(Cc1ccc(O)cc1F)C(F)F. The second kappa shape index (κ2) is 4.10. The van der Waals surface area contributed by atoms with Gasteiger partial charge in [0.15, 0.2) is 0 Å². The fraction of sp³-hybridized carbons (Fsp3) is 0.400. The van der Waals surface area contributed by atoms with Crippen molar-refractivity contribution < 1.29 is 18.3 Å². The Bertz CT molecular complexity index is 353. The van der Waals surface area contributed by atoms with E-state index in [9.17, 15) is 13.2 Å². The van der Waals surface area contributed by atoms with E-state index in [1.54, 1.807) is 0 Å². The van der Waals surface area contributed by atoms with Crippen LogP contribution in [0.3, 0.4) is 0 Å². The number of benzene rings is 1. The largest absolute Gasteiger partial charge is 0.508 e. The van der Waals surface area contributed by atoms with Crippen molar-refractivity contribution in [3.8, 4) is 5.75 Å². The van der Waals surface area contributed by atoms with Crippen molar-refractivity contribution in [2.24, 2.45) is 5.73 Å². The van der Waals surface area contributed by atoms with Gasteiger partial charge >= 0.3 is 0 Å². The second-order valence-electron chi connectivity index (χ2n) is 3.76. The highest BCUT2D eigenvalue weighted by atomic mass is 19.3. The van der Waals surface area contributed by atoms with Crippen LogP contribution in [-0.4, -0.2) is 17.1 Å². The maximum atomic E-state index is 13.2. The summed E-state index contributed by atoms with van der Waals surface area (Å²) in [5, 5.41) is 8.93. The Morgan fingerprint density at radius 2 is 2.07 bits per heavy atom. The van der Waals surface area contributed by atoms with Crippen LogP contribution in [0.4, 0.5) is 13.2 Å². The topological polar surface area (TPSA) is 46.2 Å². The van der Waals surface area contributed by atoms with Gasteiger partial charge in [0.25, 0.3) is 6.43 Å². The fourth-order valence-corrected chi connectivity index (χ4v) is 1.17. The number of halogens is 3. The molecule has 1 aromatic rings. The van der Waals surface area contributed by atoms with E-state index < -0.39 is 17.8 Å². The molecule has 0 heterocycles. The summed E-state index contributed by atoms with van der Waals surface area (Å²) >= 11 is 0. The zero-order chi connectivity index (χ0) is 11.6. The average Bonchev–Trinajstić information content (AvgIpc) is 2.09. The molecule has 0 radical (unpaired) electrons. The van der Waals surface area contributed by atoms with Gasteiger partial charge in [0, 0.05) is 6.07 Å². The summed E-state index contributed by atoms with van der Waals surface area (Å²) in [5.41, 5.74) is 3.62. The molecule has 1 unspecified atom stereocenters. The molecule has 0 amide bonds. The van der Waals surface area contributed by atoms with Crippen LogP contribution < -0.4 is 5.73 Å². The smallest absolute Gasteiger partial charge is 0.256 e. The van der Waals surface area contributed by atoms with Gasteiger partial charge in [-0.05, 0) is 25.0 Å². The van der Waals surface area contributed by atoms with Crippen LogP contribution >= 0.6 is 0 Å². The van der Waals surface area contributed by atoms with Crippen LogP contribution in [0, 0.1) is 5.82 Å². The highest BCUT2D eigenvalue weighted by Crippen LogP contribution is 2.22. The van der Waals surface area contributed by atoms with Crippen LogP contribution in [-0.2, 0) is 6.42 Å². The van der Waals surface area contributed by atoms with E-state index in [2.05, 4.69) is 0 Å². The summed E-state index contributed by atoms with van der Waals surface area (Å²) < 4.78 is 38.0. The monoisotopic (exact) mass is 219 g/mol. The van der Waals surface area contributed by atoms with Crippen molar-refractivity contribution in [1.29, 1.82) is 0 Å². The minimum atomic E-state index is -2.73. The van der Waals surface area contributed by atoms with Crippen molar-refractivity contribution in [2.75, 3.05) is 0 Å². The van der Waals surface area contributed by atoms with Gasteiger partial charge in [-0.15, -0.1) is 0 Å². The molecule has 0 spiro atoms. The number of hydrogen-bond donors (Lipinski definition) is 2. The van der Waals surface area contributed by atoms with Crippen molar-refractivity contribution in [2.45, 2.75) is 25.3 Å². The standard InChI is InChI=1S/C10H12F3NO/c1-10(14,9(12)13)5-6-2-3-7(15)4-8(6)11/h2-4,9,15H,5,14H2,1H3. The van der Waals surface area contributed by atoms with Crippen molar-refractivity contribution in [1.82, 2.24) is 0 Å². The van der Waals surface area contributed by atoms with E-state index in [-0.39, 0.29) is 17.7 Å². The molecule has 0 aliphatic carbocycles. The molecule has 1 atom stereocenters. The molecule has 0 saturated carbocycles. The number of rotatable bonds is 3. The molecule has 15 heavy (non-hydrogen) atoms. The molecule has 2 nitrogen and oxygen atoms in total. The fourth-order valence-electron chi connectivity index (χ4n) is 1.17. The number of phenolic OH excluding ortho intramolecular Hbond substituents is 1. The summed E-state index contributed by atoms with van der Waals surface area (Å²) in [6.45, 7) is 1.16. The van der Waals surface area contributed by atoms with E-state index >= 15 is 0 Å². The highest BCUT2D eigenvalue weighted by molar-refractivity contribution is 5.29. The normalized spacial score (nSPS) is 15.3. The summed E-state index contributed by atoms with van der Waals surface area (Å²) in [5.74, 6) is -0.973. The Hall–Kier alpha value is -1.23. The quantitative estimate of drug-likeness (QED) is 0.817. The van der Waals surface area contributed by atoms with E-state index in [1.807, 2.05) is 0 Å². The second-order valence-corrected chi connectivity index (χ2v) is 3.76. The van der Waals surface area contributed by atoms with Crippen LogP contribution in [0.2, 0.25) is 0 Å². The molecule has 0 aromatic heterocycles. The lowest BCUT2D eigenvalue weighted by Crippen LogP contribution is -2.46. The van der Waals surface area contributed by atoms with E-state index in [0.717, 1.165) is 13.0 Å². The highest BCUT2D eigenvalue weighted by Gasteiger charge is 2.31. The maximum absolute atomic E-state index is 13.2. The van der Waals surface area contributed by atoms with E-state index in [4.69, 9.17) is 10.8 Å². The zero-order valence-corrected chi connectivity index (χ0v) is 8.17. The molecular weight excluding hydrogens is 207 g/mol. The zero-order valence-electron chi connectivity index (χ0n) is 8.17. The third kappa shape index (κ3) is 2.86. The predicted octanol–water partition coefficient (Wildman–Crippen LogP) is 2.06. The lowest BCUT2D eigenvalue weighted by atomic mass is 9.94. The number of nitrogens with two attached hydrogens (primary N) is 1. The first-order valence-corrected chi connectivity index (χ1v) is 4.37. The molecule has 3 N–H and O–H groups in total. The minimum absolute atomic E-state index is 0.0677. The maximum Gasteiger partial charge on any atom is 0.256 e. The average molecular weight is 219 g/mol. The van der Waals surface area contributed by atoms with Gasteiger partial charge in [0.2, 0.25) is 0 Å². The molecule has 0 saturated heterocycles. The van der Waals surface area contributed by atoms with E-state index in [1.165, 1.54) is 12.1 Å². The van der Waals surface area contributed by atoms with Crippen LogP contribution in [0.25, 0.3) is 0 Å². The van der Waals surface area contributed by atoms with Gasteiger partial charge in [0.05, 0.1) is 5.54 Å². The van der Waals surface area contributed by atoms with E-state index in [0.29, 0.717) is 0 Å². The summed E-state index contributed by atoms with van der Waals surface area (Å²) in [7, 11) is 0. The first kappa shape index (κ1) is 11.8. The third-order valence-corrected chi connectivity index (χ3v) is 2.11. The molecule has 0 aliphatic rings. The number of hydrogen-bond acceptors (Lipinski definition) is 2. The van der Waals surface area contributed by atoms with Gasteiger partial charge in [0.1, 0.15) is 11.6 Å². The lowest BCUT2D eigenvalue weighted by Gasteiger charge is -2.23. The Morgan fingerprint density at radius 3 is 2.53 bits per heavy atom. The molecule has 0 bridgehead atoms. The minimum Gasteiger partial charge on any atom is -0.508 e. The van der Waals surface area contributed by atoms with Crippen molar-refractivity contribution in [3.05, 3.63) is 29.6 Å². The Kier molecular flexibility index (Phi) is 3.24. The first-order valence-electron chi connectivity index (χ1n) is 4.37.